The van der Waals surface area contributed by atoms with E-state index >= 15 is 0 Å². The smallest absolute Gasteiger partial charge is 0.274 e. The second-order valence-electron chi connectivity index (χ2n) is 8.63. The van der Waals surface area contributed by atoms with E-state index in [2.05, 4.69) is 27.4 Å². The van der Waals surface area contributed by atoms with Gasteiger partial charge in [-0.1, -0.05) is 19.1 Å². The number of hydrogen-bond donors (Lipinski definition) is 1. The number of likely N-dealkylation sites (tertiary alicyclic amines) is 1. The number of sulfone groups is 1. The first kappa shape index (κ1) is 23.6. The van der Waals surface area contributed by atoms with Gasteiger partial charge in [-0.2, -0.15) is 0 Å². The molecule has 0 spiro atoms. The molecule has 0 aliphatic carbocycles. The minimum atomic E-state index is -3.18. The van der Waals surface area contributed by atoms with Gasteiger partial charge in [0.1, 0.15) is 17.8 Å². The fourth-order valence-corrected chi connectivity index (χ4v) is 4.65. The maximum absolute atomic E-state index is 12.8. The zero-order valence-corrected chi connectivity index (χ0v) is 20.0. The molecule has 1 fully saturated rings. The highest BCUT2D eigenvalue weighted by molar-refractivity contribution is 7.91. The summed E-state index contributed by atoms with van der Waals surface area (Å²) in [6.07, 6.45) is 4.93. The summed E-state index contributed by atoms with van der Waals surface area (Å²) in [4.78, 5) is 31.0. The van der Waals surface area contributed by atoms with E-state index in [0.29, 0.717) is 12.1 Å². The standard InChI is InChI=1S/C23H26N6O4S/c1-15(9-21-27-25-14-28(21)2)16-5-4-6-18(10-16)26-22(30)20-11-17(7-8-24-20)23(31)29-12-19(13-29)34(3,32)33/h4-8,10-11,14-15,19H,9,12-13H2,1-3H3,(H,26,30)/t15-/m1/s1. The Kier molecular flexibility index (Phi) is 6.47. The molecule has 2 aromatic heterocycles. The first-order chi connectivity index (χ1) is 16.1. The lowest BCUT2D eigenvalue weighted by Crippen LogP contribution is -2.56. The van der Waals surface area contributed by atoms with Gasteiger partial charge in [-0.15, -0.1) is 10.2 Å². The lowest BCUT2D eigenvalue weighted by atomic mass is 9.97. The van der Waals surface area contributed by atoms with E-state index in [1.807, 2.05) is 29.8 Å². The van der Waals surface area contributed by atoms with Crippen molar-refractivity contribution in [3.63, 3.8) is 0 Å². The number of nitrogens with one attached hydrogen (secondary N) is 1. The Balaban J connectivity index is 1.42. The van der Waals surface area contributed by atoms with Gasteiger partial charge in [-0.05, 0) is 35.7 Å². The van der Waals surface area contributed by atoms with E-state index in [-0.39, 0.29) is 36.2 Å². The van der Waals surface area contributed by atoms with Crippen LogP contribution >= 0.6 is 0 Å². The third-order valence-electron chi connectivity index (χ3n) is 5.99. The summed E-state index contributed by atoms with van der Waals surface area (Å²) in [5, 5.41) is 10.3. The average Bonchev–Trinajstić information content (AvgIpc) is 3.16. The first-order valence-corrected chi connectivity index (χ1v) is 12.8. The molecule has 10 nitrogen and oxygen atoms in total. The van der Waals surface area contributed by atoms with Gasteiger partial charge >= 0.3 is 0 Å². The van der Waals surface area contributed by atoms with Crippen LogP contribution in [-0.2, 0) is 23.3 Å². The predicted molar refractivity (Wildman–Crippen MR) is 126 cm³/mol. The van der Waals surface area contributed by atoms with Gasteiger partial charge in [-0.3, -0.25) is 14.6 Å². The second-order valence-corrected chi connectivity index (χ2v) is 11.0. The summed E-state index contributed by atoms with van der Waals surface area (Å²) >= 11 is 0. The number of rotatable bonds is 7. The number of carbonyl (C=O) groups is 2. The third-order valence-corrected chi connectivity index (χ3v) is 7.50. The van der Waals surface area contributed by atoms with E-state index in [1.165, 1.54) is 29.5 Å². The van der Waals surface area contributed by atoms with Gasteiger partial charge in [-0.25, -0.2) is 8.42 Å². The molecular formula is C23H26N6O4S. The van der Waals surface area contributed by atoms with Crippen molar-refractivity contribution in [1.29, 1.82) is 0 Å². The Morgan fingerprint density at radius 2 is 1.97 bits per heavy atom. The van der Waals surface area contributed by atoms with Gasteiger partial charge in [0, 0.05) is 50.3 Å². The number of benzene rings is 1. The lowest BCUT2D eigenvalue weighted by Gasteiger charge is -2.37. The van der Waals surface area contributed by atoms with Gasteiger partial charge in [0.25, 0.3) is 11.8 Å². The SMILES string of the molecule is C[C@H](Cc1nncn1C)c1cccc(NC(=O)c2cc(C(=O)N3CC(S(C)(=O)=O)C3)ccn2)c1. The van der Waals surface area contributed by atoms with E-state index in [1.54, 1.807) is 12.4 Å². The number of aryl methyl sites for hydroxylation is 1. The summed E-state index contributed by atoms with van der Waals surface area (Å²) in [7, 11) is -1.28. The Morgan fingerprint density at radius 1 is 1.21 bits per heavy atom. The van der Waals surface area contributed by atoms with Crippen molar-refractivity contribution in [3.8, 4) is 0 Å². The molecule has 34 heavy (non-hydrogen) atoms. The van der Waals surface area contributed by atoms with E-state index in [9.17, 15) is 18.0 Å². The van der Waals surface area contributed by atoms with Crippen molar-refractivity contribution < 1.29 is 18.0 Å². The highest BCUT2D eigenvalue weighted by Gasteiger charge is 2.37. The third kappa shape index (κ3) is 5.14. The number of carbonyl (C=O) groups excluding carboxylic acids is 2. The van der Waals surface area contributed by atoms with E-state index in [4.69, 9.17) is 0 Å². The highest BCUT2D eigenvalue weighted by Crippen LogP contribution is 2.23. The van der Waals surface area contributed by atoms with E-state index in [0.717, 1.165) is 11.4 Å². The maximum atomic E-state index is 12.8. The molecule has 1 atom stereocenters. The molecule has 4 rings (SSSR count). The predicted octanol–water partition coefficient (Wildman–Crippen LogP) is 1.68. The fraction of sp³-hybridized carbons (Fsp3) is 0.348. The molecule has 2 amide bonds. The molecule has 178 valence electrons. The molecule has 3 heterocycles. The summed E-state index contributed by atoms with van der Waals surface area (Å²) in [5.41, 5.74) is 2.04. The van der Waals surface area contributed by atoms with Gasteiger partial charge in [0.15, 0.2) is 9.84 Å². The minimum absolute atomic E-state index is 0.101. The quantitative estimate of drug-likeness (QED) is 0.543. The van der Waals surface area contributed by atoms with Crippen LogP contribution in [0.5, 0.6) is 0 Å². The first-order valence-electron chi connectivity index (χ1n) is 10.8. The zero-order chi connectivity index (χ0) is 24.5. The van der Waals surface area contributed by atoms with Crippen molar-refractivity contribution in [2.24, 2.45) is 7.05 Å². The lowest BCUT2D eigenvalue weighted by molar-refractivity contribution is 0.0659. The Morgan fingerprint density at radius 3 is 2.65 bits per heavy atom. The molecule has 11 heteroatoms. The van der Waals surface area contributed by atoms with Crippen LogP contribution in [0.15, 0.2) is 48.9 Å². The van der Waals surface area contributed by atoms with Crippen molar-refractivity contribution in [2.45, 2.75) is 24.5 Å². The van der Waals surface area contributed by atoms with Crippen LogP contribution in [-0.4, -0.2) is 69.5 Å². The number of amides is 2. The average molecular weight is 483 g/mol. The number of aromatic nitrogens is 4. The Labute approximate surface area is 197 Å². The molecule has 3 aromatic rings. The molecule has 0 radical (unpaired) electrons. The van der Waals surface area contributed by atoms with Crippen molar-refractivity contribution in [2.75, 3.05) is 24.7 Å². The molecule has 1 saturated heterocycles. The van der Waals surface area contributed by atoms with Crippen molar-refractivity contribution in [3.05, 3.63) is 71.6 Å². The van der Waals surface area contributed by atoms with Crippen LogP contribution in [0, 0.1) is 0 Å². The second kappa shape index (κ2) is 9.34. The van der Waals surface area contributed by atoms with E-state index < -0.39 is 21.0 Å². The molecule has 1 N–H and O–H groups in total. The van der Waals surface area contributed by atoms with Gasteiger partial charge < -0.3 is 14.8 Å². The number of anilines is 1. The molecule has 0 bridgehead atoms. The number of hydrogen-bond acceptors (Lipinski definition) is 7. The monoisotopic (exact) mass is 482 g/mol. The van der Waals surface area contributed by atoms with Gasteiger partial charge in [0.2, 0.25) is 0 Å². The molecule has 1 aliphatic heterocycles. The summed E-state index contributed by atoms with van der Waals surface area (Å²) < 4.78 is 25.1. The van der Waals surface area contributed by atoms with Crippen LogP contribution in [0.2, 0.25) is 0 Å². The van der Waals surface area contributed by atoms with Crippen LogP contribution < -0.4 is 5.32 Å². The summed E-state index contributed by atoms with van der Waals surface area (Å²) in [6.45, 7) is 2.39. The van der Waals surface area contributed by atoms with Crippen LogP contribution in [0.25, 0.3) is 0 Å². The maximum Gasteiger partial charge on any atom is 0.274 e. The molecule has 1 aromatic carbocycles. The molecular weight excluding hydrogens is 456 g/mol. The topological polar surface area (TPSA) is 127 Å². The zero-order valence-electron chi connectivity index (χ0n) is 19.2. The number of pyridine rings is 1. The fourth-order valence-electron chi connectivity index (χ4n) is 3.75. The Bertz CT molecular complexity index is 1330. The van der Waals surface area contributed by atoms with Crippen LogP contribution in [0.1, 0.15) is 45.1 Å². The summed E-state index contributed by atoms with van der Waals surface area (Å²) in [6, 6.07) is 10.5. The van der Waals surface area contributed by atoms with Crippen molar-refractivity contribution >= 4 is 27.3 Å². The van der Waals surface area contributed by atoms with Crippen molar-refractivity contribution in [1.82, 2.24) is 24.6 Å². The minimum Gasteiger partial charge on any atom is -0.336 e. The Hall–Kier alpha value is -3.60. The normalized spacial score (nSPS) is 15.0. The van der Waals surface area contributed by atoms with Crippen LogP contribution in [0.3, 0.4) is 0 Å². The van der Waals surface area contributed by atoms with Crippen LogP contribution in [0.4, 0.5) is 5.69 Å². The van der Waals surface area contributed by atoms with Gasteiger partial charge in [0.05, 0.1) is 5.25 Å². The summed E-state index contributed by atoms with van der Waals surface area (Å²) in [5.74, 6) is 0.269. The highest BCUT2D eigenvalue weighted by atomic mass is 32.2. The molecule has 1 aliphatic rings. The largest absolute Gasteiger partial charge is 0.336 e. The molecule has 0 saturated carbocycles. The molecule has 0 unspecified atom stereocenters. The number of nitrogens with zero attached hydrogens (tertiary/aromatic N) is 5.